The summed E-state index contributed by atoms with van der Waals surface area (Å²) < 4.78 is 0. The number of rotatable bonds is 8. The van der Waals surface area contributed by atoms with Crippen molar-refractivity contribution < 1.29 is 10.2 Å². The molecule has 0 amide bonds. The third kappa shape index (κ3) is 4.84. The molecule has 8 nitrogen and oxygen atoms in total. The van der Waals surface area contributed by atoms with Crippen LogP contribution in [0.5, 0.6) is 0 Å². The molecule has 0 saturated heterocycles. The van der Waals surface area contributed by atoms with E-state index in [1.54, 1.807) is 4.90 Å². The Kier molecular flexibility index (Phi) is 6.23. The molecule has 0 aliphatic carbocycles. The highest BCUT2D eigenvalue weighted by molar-refractivity contribution is 5.43. The molecule has 0 aromatic carbocycles. The number of nitrogens with one attached hydrogen (secondary N) is 2. The Bertz CT molecular complexity index is 383. The zero-order valence-electron chi connectivity index (χ0n) is 11.6. The third-order valence-electron chi connectivity index (χ3n) is 2.33. The van der Waals surface area contributed by atoms with E-state index in [0.29, 0.717) is 17.8 Å². The van der Waals surface area contributed by atoms with Crippen LogP contribution in [0, 0.1) is 0 Å². The lowest BCUT2D eigenvalue weighted by Crippen LogP contribution is -2.29. The second kappa shape index (κ2) is 7.70. The number of aliphatic hydroxyl groups is 2. The molecule has 0 aliphatic rings. The second-order valence-electron chi connectivity index (χ2n) is 4.31. The van der Waals surface area contributed by atoms with Crippen LogP contribution in [-0.4, -0.2) is 65.1 Å². The highest BCUT2D eigenvalue weighted by atomic mass is 16.3. The first-order chi connectivity index (χ1) is 9.10. The molecule has 0 atom stereocenters. The van der Waals surface area contributed by atoms with Gasteiger partial charge in [-0.3, -0.25) is 0 Å². The molecule has 1 rings (SSSR count). The molecule has 0 spiro atoms. The van der Waals surface area contributed by atoms with Gasteiger partial charge < -0.3 is 25.7 Å². The fraction of sp³-hybridized carbons (Fsp3) is 0.727. The van der Waals surface area contributed by atoms with Crippen LogP contribution < -0.4 is 15.5 Å². The Balaban J connectivity index is 2.91. The first-order valence-corrected chi connectivity index (χ1v) is 6.26. The van der Waals surface area contributed by atoms with Crippen LogP contribution >= 0.6 is 0 Å². The molecule has 0 unspecified atom stereocenters. The quantitative estimate of drug-likeness (QED) is 0.502. The van der Waals surface area contributed by atoms with Crippen molar-refractivity contribution in [1.29, 1.82) is 0 Å². The molecule has 1 aromatic rings. The maximum atomic E-state index is 9.06. The summed E-state index contributed by atoms with van der Waals surface area (Å²) in [4.78, 5) is 14.4. The van der Waals surface area contributed by atoms with Gasteiger partial charge in [0.25, 0.3) is 0 Å². The van der Waals surface area contributed by atoms with E-state index in [1.165, 1.54) is 0 Å². The minimum absolute atomic E-state index is 0.197. The molecule has 4 N–H and O–H groups in total. The van der Waals surface area contributed by atoms with Crippen molar-refractivity contribution in [2.45, 2.75) is 19.4 Å². The summed E-state index contributed by atoms with van der Waals surface area (Å²) in [5.41, 5.74) is 0. The second-order valence-corrected chi connectivity index (χ2v) is 4.31. The Morgan fingerprint density at radius 1 is 1.11 bits per heavy atom. The monoisotopic (exact) mass is 270 g/mol. The normalized spacial score (nSPS) is 10.6. The summed E-state index contributed by atoms with van der Waals surface area (Å²) in [5.74, 6) is 1.30. The minimum atomic E-state index is -0.489. The molecule has 0 bridgehead atoms. The van der Waals surface area contributed by atoms with Gasteiger partial charge >= 0.3 is 0 Å². The van der Waals surface area contributed by atoms with E-state index < -0.39 is 6.04 Å². The molecule has 1 aromatic heterocycles. The van der Waals surface area contributed by atoms with Crippen molar-refractivity contribution in [3.63, 3.8) is 0 Å². The van der Waals surface area contributed by atoms with Gasteiger partial charge in [0.1, 0.15) is 0 Å². The maximum Gasteiger partial charge on any atom is 0.231 e. The van der Waals surface area contributed by atoms with Crippen molar-refractivity contribution in [2.24, 2.45) is 0 Å². The van der Waals surface area contributed by atoms with E-state index in [4.69, 9.17) is 10.2 Å². The van der Waals surface area contributed by atoms with Gasteiger partial charge in [0, 0.05) is 20.6 Å². The standard InChI is InChI=1S/C11H22N6O2/c1-4-5-12-9-14-10(13-8(6-18)7-19)16-11(15-9)17(2)3/h8,18-19H,4-7H2,1-3H3,(H2,12,13,14,15,16). The molecule has 1 heterocycles. The lowest BCUT2D eigenvalue weighted by molar-refractivity contribution is 0.203. The summed E-state index contributed by atoms with van der Waals surface area (Å²) in [6.07, 6.45) is 0.960. The van der Waals surface area contributed by atoms with Crippen LogP contribution in [-0.2, 0) is 0 Å². The first kappa shape index (κ1) is 15.4. The van der Waals surface area contributed by atoms with E-state index >= 15 is 0 Å². The van der Waals surface area contributed by atoms with Crippen LogP contribution in [0.15, 0.2) is 0 Å². The minimum Gasteiger partial charge on any atom is -0.394 e. The number of aliphatic hydroxyl groups excluding tert-OH is 2. The van der Waals surface area contributed by atoms with E-state index in [-0.39, 0.29) is 13.2 Å². The highest BCUT2D eigenvalue weighted by Crippen LogP contribution is 2.12. The highest BCUT2D eigenvalue weighted by Gasteiger charge is 2.11. The van der Waals surface area contributed by atoms with Gasteiger partial charge in [0.2, 0.25) is 17.8 Å². The predicted octanol–water partition coefficient (Wildman–Crippen LogP) is -0.475. The molecule has 0 fully saturated rings. The Hall–Kier alpha value is -1.67. The van der Waals surface area contributed by atoms with Crippen molar-refractivity contribution in [2.75, 3.05) is 49.4 Å². The van der Waals surface area contributed by atoms with E-state index in [0.717, 1.165) is 13.0 Å². The largest absolute Gasteiger partial charge is 0.394 e. The zero-order chi connectivity index (χ0) is 14.3. The molecule has 0 aliphatic heterocycles. The predicted molar refractivity (Wildman–Crippen MR) is 74.5 cm³/mol. The number of nitrogens with zero attached hydrogens (tertiary/aromatic N) is 4. The lowest BCUT2D eigenvalue weighted by Gasteiger charge is -2.17. The van der Waals surface area contributed by atoms with Crippen LogP contribution in [0.2, 0.25) is 0 Å². The zero-order valence-corrected chi connectivity index (χ0v) is 11.6. The topological polar surface area (TPSA) is 106 Å². The molecule has 0 radical (unpaired) electrons. The summed E-state index contributed by atoms with van der Waals surface area (Å²) in [6.45, 7) is 2.42. The van der Waals surface area contributed by atoms with Gasteiger partial charge in [0.05, 0.1) is 19.3 Å². The number of anilines is 3. The Labute approximate surface area is 112 Å². The lowest BCUT2D eigenvalue weighted by atomic mass is 10.3. The van der Waals surface area contributed by atoms with Gasteiger partial charge in [-0.1, -0.05) is 6.92 Å². The molecule has 0 saturated carbocycles. The fourth-order valence-corrected chi connectivity index (χ4v) is 1.28. The van der Waals surface area contributed by atoms with Gasteiger partial charge in [-0.15, -0.1) is 0 Å². The Morgan fingerprint density at radius 3 is 2.26 bits per heavy atom. The number of aromatic nitrogens is 3. The van der Waals surface area contributed by atoms with Crippen molar-refractivity contribution in [3.8, 4) is 0 Å². The van der Waals surface area contributed by atoms with Crippen molar-refractivity contribution in [3.05, 3.63) is 0 Å². The fourth-order valence-electron chi connectivity index (χ4n) is 1.28. The SMILES string of the molecule is CCCNc1nc(NC(CO)CO)nc(N(C)C)n1. The van der Waals surface area contributed by atoms with E-state index in [1.807, 2.05) is 21.0 Å². The Morgan fingerprint density at radius 2 is 1.74 bits per heavy atom. The smallest absolute Gasteiger partial charge is 0.231 e. The molecular formula is C11H22N6O2. The summed E-state index contributed by atoms with van der Waals surface area (Å²) >= 11 is 0. The molecule has 8 heteroatoms. The van der Waals surface area contributed by atoms with Gasteiger partial charge in [-0.25, -0.2) is 0 Å². The van der Waals surface area contributed by atoms with Crippen LogP contribution in [0.3, 0.4) is 0 Å². The average molecular weight is 270 g/mol. The van der Waals surface area contributed by atoms with Crippen LogP contribution in [0.1, 0.15) is 13.3 Å². The van der Waals surface area contributed by atoms with Gasteiger partial charge in [0.15, 0.2) is 0 Å². The maximum absolute atomic E-state index is 9.06. The summed E-state index contributed by atoms with van der Waals surface area (Å²) in [6, 6.07) is -0.489. The number of hydrogen-bond acceptors (Lipinski definition) is 8. The first-order valence-electron chi connectivity index (χ1n) is 6.26. The average Bonchev–Trinajstić information content (AvgIpc) is 2.42. The van der Waals surface area contributed by atoms with E-state index in [9.17, 15) is 0 Å². The van der Waals surface area contributed by atoms with Crippen molar-refractivity contribution >= 4 is 17.8 Å². The van der Waals surface area contributed by atoms with Crippen molar-refractivity contribution in [1.82, 2.24) is 15.0 Å². The summed E-state index contributed by atoms with van der Waals surface area (Å²) in [7, 11) is 3.66. The van der Waals surface area contributed by atoms with Gasteiger partial charge in [-0.05, 0) is 6.42 Å². The summed E-state index contributed by atoms with van der Waals surface area (Å²) in [5, 5.41) is 24.1. The molecule has 108 valence electrons. The van der Waals surface area contributed by atoms with Gasteiger partial charge in [-0.2, -0.15) is 15.0 Å². The third-order valence-corrected chi connectivity index (χ3v) is 2.33. The molecule has 19 heavy (non-hydrogen) atoms. The number of hydrogen-bond donors (Lipinski definition) is 4. The molecular weight excluding hydrogens is 248 g/mol. The van der Waals surface area contributed by atoms with Crippen LogP contribution in [0.25, 0.3) is 0 Å². The van der Waals surface area contributed by atoms with E-state index in [2.05, 4.69) is 25.6 Å². The van der Waals surface area contributed by atoms with Crippen LogP contribution in [0.4, 0.5) is 17.8 Å².